The number of halogens is 1. The molecule has 0 fully saturated rings. The molecule has 2 N–H and O–H groups in total. The van der Waals surface area contributed by atoms with E-state index in [1.54, 1.807) is 0 Å². The molecule has 3 nitrogen and oxygen atoms in total. The van der Waals surface area contributed by atoms with Crippen LogP contribution in [0.2, 0.25) is 0 Å². The number of nitrogens with zero attached hydrogens (tertiary/aromatic N) is 2. The van der Waals surface area contributed by atoms with Crippen molar-refractivity contribution in [3.63, 3.8) is 0 Å². The van der Waals surface area contributed by atoms with E-state index in [4.69, 9.17) is 5.73 Å². The Labute approximate surface area is 160 Å². The normalized spacial score (nSPS) is 11.4. The molecule has 4 heteroatoms. The molecule has 0 aromatic heterocycles. The third-order valence-electron chi connectivity index (χ3n) is 4.91. The Balaban J connectivity index is 2.17. The van der Waals surface area contributed by atoms with Crippen LogP contribution in [0.3, 0.4) is 0 Å². The molecule has 1 aliphatic carbocycles. The van der Waals surface area contributed by atoms with E-state index in [-0.39, 0.29) is 5.69 Å². The summed E-state index contributed by atoms with van der Waals surface area (Å²) in [5.74, 6) is 0. The van der Waals surface area contributed by atoms with E-state index in [0.717, 1.165) is 43.4 Å². The molecule has 26 heavy (non-hydrogen) atoms. The lowest BCUT2D eigenvalue weighted by Gasteiger charge is -2.16. The Bertz CT molecular complexity index is 1160. The summed E-state index contributed by atoms with van der Waals surface area (Å²) in [4.78, 5) is 0. The highest BCUT2D eigenvalue weighted by molar-refractivity contribution is 9.10. The van der Waals surface area contributed by atoms with Gasteiger partial charge >= 0.3 is 0 Å². The second-order valence-corrected chi connectivity index (χ2v) is 7.28. The smallest absolute Gasteiger partial charge is 0.102 e. The van der Waals surface area contributed by atoms with Crippen molar-refractivity contribution in [1.82, 2.24) is 0 Å². The number of rotatable bonds is 1. The van der Waals surface area contributed by atoms with Gasteiger partial charge in [0.15, 0.2) is 0 Å². The maximum absolute atomic E-state index is 9.80. The number of hydrogen-bond donors (Lipinski definition) is 1. The standard InChI is InChI=1S/C22H14BrN3/c1-12-4-2-5-13(8-12)20-16-9-15-14(6-3-7-19(15)23)21(16)18(11-25)22(26)17(20)10-24/h2-8H,9,26H2,1H3. The van der Waals surface area contributed by atoms with Crippen LogP contribution in [0.1, 0.15) is 27.8 Å². The first-order valence-corrected chi connectivity index (χ1v) is 8.99. The molecule has 0 unspecified atom stereocenters. The molecular weight excluding hydrogens is 386 g/mol. The van der Waals surface area contributed by atoms with Gasteiger partial charge in [-0.1, -0.05) is 57.9 Å². The number of fused-ring (bicyclic) bond motifs is 3. The highest BCUT2D eigenvalue weighted by Gasteiger charge is 2.31. The Kier molecular flexibility index (Phi) is 3.80. The van der Waals surface area contributed by atoms with Crippen LogP contribution >= 0.6 is 15.9 Å². The van der Waals surface area contributed by atoms with Crippen LogP contribution in [0.4, 0.5) is 5.69 Å². The molecule has 3 aromatic rings. The van der Waals surface area contributed by atoms with Gasteiger partial charge in [-0.05, 0) is 35.2 Å². The van der Waals surface area contributed by atoms with Crippen molar-refractivity contribution in [2.24, 2.45) is 0 Å². The number of nitriles is 2. The van der Waals surface area contributed by atoms with Gasteiger partial charge in [0, 0.05) is 22.0 Å². The summed E-state index contributed by atoms with van der Waals surface area (Å²) in [5, 5.41) is 19.6. The van der Waals surface area contributed by atoms with Gasteiger partial charge in [0.2, 0.25) is 0 Å². The van der Waals surface area contributed by atoms with Gasteiger partial charge in [-0.25, -0.2) is 0 Å². The summed E-state index contributed by atoms with van der Waals surface area (Å²) in [6, 6.07) is 18.5. The third kappa shape index (κ3) is 2.24. The second kappa shape index (κ2) is 6.02. The molecular formula is C22H14BrN3. The van der Waals surface area contributed by atoms with E-state index in [2.05, 4.69) is 34.1 Å². The van der Waals surface area contributed by atoms with Gasteiger partial charge in [0.05, 0.1) is 16.8 Å². The van der Waals surface area contributed by atoms with Gasteiger partial charge in [-0.15, -0.1) is 0 Å². The lowest BCUT2D eigenvalue weighted by atomic mass is 9.86. The van der Waals surface area contributed by atoms with E-state index in [1.165, 1.54) is 0 Å². The summed E-state index contributed by atoms with van der Waals surface area (Å²) >= 11 is 3.62. The summed E-state index contributed by atoms with van der Waals surface area (Å²) in [7, 11) is 0. The number of anilines is 1. The van der Waals surface area contributed by atoms with Crippen molar-refractivity contribution < 1.29 is 0 Å². The average Bonchev–Trinajstić information content (AvgIpc) is 3.01. The van der Waals surface area contributed by atoms with E-state index in [0.29, 0.717) is 17.5 Å². The Morgan fingerprint density at radius 1 is 0.962 bits per heavy atom. The van der Waals surface area contributed by atoms with Crippen LogP contribution in [-0.2, 0) is 6.42 Å². The maximum Gasteiger partial charge on any atom is 0.102 e. The van der Waals surface area contributed by atoms with Gasteiger partial charge in [-0.3, -0.25) is 0 Å². The molecule has 3 aromatic carbocycles. The third-order valence-corrected chi connectivity index (χ3v) is 5.66. The second-order valence-electron chi connectivity index (χ2n) is 6.43. The zero-order valence-corrected chi connectivity index (χ0v) is 15.7. The van der Waals surface area contributed by atoms with Crippen LogP contribution in [0.25, 0.3) is 22.3 Å². The summed E-state index contributed by atoms with van der Waals surface area (Å²) < 4.78 is 1.00. The molecule has 124 valence electrons. The zero-order valence-electron chi connectivity index (χ0n) is 14.1. The van der Waals surface area contributed by atoms with Gasteiger partial charge in [-0.2, -0.15) is 10.5 Å². The predicted octanol–water partition coefficient (Wildman–Crippen LogP) is 5.32. The molecule has 0 spiro atoms. The molecule has 0 saturated carbocycles. The number of nitrogen functional groups attached to an aromatic ring is 1. The monoisotopic (exact) mass is 399 g/mol. The van der Waals surface area contributed by atoms with Gasteiger partial charge in [0.25, 0.3) is 0 Å². The quantitative estimate of drug-likeness (QED) is 0.440. The lowest BCUT2D eigenvalue weighted by Crippen LogP contribution is -2.03. The van der Waals surface area contributed by atoms with Crippen LogP contribution in [0, 0.1) is 29.6 Å². The van der Waals surface area contributed by atoms with E-state index < -0.39 is 0 Å². The van der Waals surface area contributed by atoms with Gasteiger partial charge in [0.1, 0.15) is 12.1 Å². The van der Waals surface area contributed by atoms with Crippen molar-refractivity contribution in [3.8, 4) is 34.4 Å². The molecule has 4 rings (SSSR count). The molecule has 0 heterocycles. The minimum Gasteiger partial charge on any atom is -0.397 e. The van der Waals surface area contributed by atoms with Crippen molar-refractivity contribution in [1.29, 1.82) is 10.5 Å². The Morgan fingerprint density at radius 2 is 1.65 bits per heavy atom. The molecule has 0 amide bonds. The largest absolute Gasteiger partial charge is 0.397 e. The summed E-state index contributed by atoms with van der Waals surface area (Å²) in [6.07, 6.45) is 0.666. The minimum absolute atomic E-state index is 0.262. The number of hydrogen-bond acceptors (Lipinski definition) is 3. The Hall–Kier alpha value is -3.08. The topological polar surface area (TPSA) is 73.6 Å². The highest BCUT2D eigenvalue weighted by Crippen LogP contribution is 2.49. The predicted molar refractivity (Wildman–Crippen MR) is 106 cm³/mol. The van der Waals surface area contributed by atoms with Crippen LogP contribution in [0.5, 0.6) is 0 Å². The van der Waals surface area contributed by atoms with Crippen molar-refractivity contribution in [3.05, 3.63) is 74.8 Å². The van der Waals surface area contributed by atoms with Crippen molar-refractivity contribution in [2.75, 3.05) is 5.73 Å². The SMILES string of the molecule is Cc1cccc(-c2c(C#N)c(N)c(C#N)c3c2Cc2c(Br)cccc2-3)c1. The lowest BCUT2D eigenvalue weighted by molar-refractivity contribution is 1.24. The molecule has 0 atom stereocenters. The molecule has 0 saturated heterocycles. The van der Waals surface area contributed by atoms with Gasteiger partial charge < -0.3 is 5.73 Å². The minimum atomic E-state index is 0.262. The average molecular weight is 400 g/mol. The number of nitrogens with two attached hydrogens (primary N) is 1. The number of benzene rings is 3. The summed E-state index contributed by atoms with van der Waals surface area (Å²) in [6.45, 7) is 2.02. The summed E-state index contributed by atoms with van der Waals surface area (Å²) in [5.41, 5.74) is 14.2. The first kappa shape index (κ1) is 16.4. The molecule has 0 aliphatic heterocycles. The van der Waals surface area contributed by atoms with Crippen LogP contribution in [-0.4, -0.2) is 0 Å². The van der Waals surface area contributed by atoms with Crippen LogP contribution in [0.15, 0.2) is 46.9 Å². The number of aryl methyl sites for hydroxylation is 1. The van der Waals surface area contributed by atoms with Crippen molar-refractivity contribution in [2.45, 2.75) is 13.3 Å². The fraction of sp³-hybridized carbons (Fsp3) is 0.0909. The fourth-order valence-corrected chi connectivity index (χ4v) is 4.30. The highest BCUT2D eigenvalue weighted by atomic mass is 79.9. The van der Waals surface area contributed by atoms with Crippen LogP contribution < -0.4 is 5.73 Å². The first-order valence-electron chi connectivity index (χ1n) is 8.20. The molecule has 0 bridgehead atoms. The fourth-order valence-electron chi connectivity index (χ4n) is 3.80. The first-order chi connectivity index (χ1) is 12.6. The maximum atomic E-state index is 9.80. The van der Waals surface area contributed by atoms with E-state index in [9.17, 15) is 10.5 Å². The molecule has 0 radical (unpaired) electrons. The van der Waals surface area contributed by atoms with Crippen molar-refractivity contribution >= 4 is 21.6 Å². The Morgan fingerprint density at radius 3 is 2.35 bits per heavy atom. The zero-order chi connectivity index (χ0) is 18.4. The van der Waals surface area contributed by atoms with E-state index >= 15 is 0 Å². The molecule has 1 aliphatic rings. The van der Waals surface area contributed by atoms with E-state index in [1.807, 2.05) is 43.3 Å².